The first-order chi connectivity index (χ1) is 19.9. The largest absolute Gasteiger partial charge is 0.522 e. The normalized spacial score (nSPS) is 28.4. The quantitative estimate of drug-likeness (QED) is 0.275. The van der Waals surface area contributed by atoms with Gasteiger partial charge in [-0.2, -0.15) is 13.2 Å². The summed E-state index contributed by atoms with van der Waals surface area (Å²) in [5.74, 6) is -12.0. The molecule has 1 saturated heterocycles. The molecule has 3 rings (SSSR count). The van der Waals surface area contributed by atoms with Crippen LogP contribution in [-0.2, 0) is 33.4 Å². The third-order valence-corrected chi connectivity index (χ3v) is 8.54. The third-order valence-electron chi connectivity index (χ3n) is 8.54. The van der Waals surface area contributed by atoms with Crippen LogP contribution in [0.15, 0.2) is 0 Å². The SMILES string of the molecule is C[C@@H](OC(F)(F)F)[C@H](NC(=O)C(F)(F)F)C(=O)C1C[C@H]2[C@@H]([C@H]1C(=O)N[C@@H](C[C@@H]1CCNC1=O)C(=O)COC(F)(F)F)C2(C)C. The topological polar surface area (TPSA) is 140 Å². The van der Waals surface area contributed by atoms with E-state index in [1.165, 1.54) is 5.32 Å². The van der Waals surface area contributed by atoms with Crippen LogP contribution < -0.4 is 16.0 Å². The minimum Gasteiger partial charge on any atom is -0.356 e. The molecule has 19 heteroatoms. The molecule has 3 amide bonds. The highest BCUT2D eigenvalue weighted by molar-refractivity contribution is 5.98. The molecule has 2 saturated carbocycles. The molecule has 0 bridgehead atoms. The number of halogens is 9. The average molecular weight is 656 g/mol. The fourth-order valence-corrected chi connectivity index (χ4v) is 6.36. The molecule has 0 aromatic carbocycles. The van der Waals surface area contributed by atoms with Crippen LogP contribution in [0.25, 0.3) is 0 Å². The van der Waals surface area contributed by atoms with Gasteiger partial charge in [-0.1, -0.05) is 13.8 Å². The summed E-state index contributed by atoms with van der Waals surface area (Å²) in [5, 5.41) is 5.93. The number of Topliss-reactive ketones (excluding diaryl/α,β-unsaturated/α-hetero) is 2. The number of rotatable bonds is 12. The van der Waals surface area contributed by atoms with E-state index in [0.717, 1.165) is 0 Å². The van der Waals surface area contributed by atoms with Gasteiger partial charge in [-0.05, 0) is 43.4 Å². The molecule has 2 aliphatic carbocycles. The Bertz CT molecular complexity index is 1160. The van der Waals surface area contributed by atoms with E-state index in [9.17, 15) is 63.5 Å². The van der Waals surface area contributed by atoms with Crippen LogP contribution in [-0.4, -0.2) is 79.5 Å². The average Bonchev–Trinajstić information content (AvgIpc) is 3.21. The molecule has 1 unspecified atom stereocenters. The summed E-state index contributed by atoms with van der Waals surface area (Å²) in [4.78, 5) is 63.5. The highest BCUT2D eigenvalue weighted by Gasteiger charge is 2.70. The molecule has 3 aliphatic rings. The summed E-state index contributed by atoms with van der Waals surface area (Å²) in [5.41, 5.74) is -0.637. The number of nitrogens with one attached hydrogen (secondary N) is 3. The number of carbonyl (C=O) groups is 5. The zero-order chi connectivity index (χ0) is 33.6. The number of carbonyl (C=O) groups excluding carboxylic acids is 5. The summed E-state index contributed by atoms with van der Waals surface area (Å²) in [6.07, 6.45) is -19.0. The van der Waals surface area contributed by atoms with Gasteiger partial charge in [-0.15, -0.1) is 26.3 Å². The fourth-order valence-electron chi connectivity index (χ4n) is 6.36. The monoisotopic (exact) mass is 655 g/mol. The summed E-state index contributed by atoms with van der Waals surface area (Å²) < 4.78 is 123. The van der Waals surface area contributed by atoms with E-state index >= 15 is 0 Å². The van der Waals surface area contributed by atoms with Gasteiger partial charge in [-0.25, -0.2) is 0 Å². The van der Waals surface area contributed by atoms with E-state index in [2.05, 4.69) is 20.1 Å². The molecule has 44 heavy (non-hydrogen) atoms. The highest BCUT2D eigenvalue weighted by Crippen LogP contribution is 2.70. The van der Waals surface area contributed by atoms with Crippen LogP contribution in [0.4, 0.5) is 39.5 Å². The molecule has 0 aromatic rings. The van der Waals surface area contributed by atoms with Crippen LogP contribution in [0.3, 0.4) is 0 Å². The Morgan fingerprint density at radius 2 is 1.61 bits per heavy atom. The van der Waals surface area contributed by atoms with E-state index in [0.29, 0.717) is 6.92 Å². The second-order valence-corrected chi connectivity index (χ2v) is 11.7. The van der Waals surface area contributed by atoms with Gasteiger partial charge in [0.15, 0.2) is 11.6 Å². The Labute approximate surface area is 244 Å². The Balaban J connectivity index is 1.90. The van der Waals surface area contributed by atoms with Crippen molar-refractivity contribution in [1.29, 1.82) is 0 Å². The van der Waals surface area contributed by atoms with E-state index in [4.69, 9.17) is 0 Å². The first kappa shape index (κ1) is 35.5. The molecule has 0 radical (unpaired) electrons. The van der Waals surface area contributed by atoms with E-state index in [1.807, 2.05) is 0 Å². The lowest BCUT2D eigenvalue weighted by atomic mass is 9.78. The van der Waals surface area contributed by atoms with Crippen LogP contribution in [0.1, 0.15) is 40.0 Å². The maximum Gasteiger partial charge on any atom is 0.522 e. The number of ketones is 2. The van der Waals surface area contributed by atoms with Crippen molar-refractivity contribution < 1.29 is 73.0 Å². The zero-order valence-electron chi connectivity index (χ0n) is 23.4. The molecular weight excluding hydrogens is 625 g/mol. The van der Waals surface area contributed by atoms with Gasteiger partial charge in [-0.3, -0.25) is 33.4 Å². The van der Waals surface area contributed by atoms with Crippen molar-refractivity contribution in [1.82, 2.24) is 16.0 Å². The molecule has 3 N–H and O–H groups in total. The molecule has 0 aromatic heterocycles. The molecular formula is C25H30F9N3O7. The smallest absolute Gasteiger partial charge is 0.356 e. The molecule has 250 valence electrons. The standard InChI is InChI=1S/C25H30F9N3O7/c1-9(44-25(32,33)34)17(37-21(42)23(26,27)28)18(39)11-7-12-16(22(12,2)3)15(11)20(41)36-13(6-10-4-5-35-19(10)40)14(38)8-43-24(29,30)31/h9-13,15-17H,4-8H2,1-3H3,(H,35,40)(H,36,41)(H,37,42)/t9-,10+,11?,12+,13+,15+,16+,17+/m1/s1. The maximum atomic E-state index is 13.6. The Morgan fingerprint density at radius 1 is 1.00 bits per heavy atom. The lowest BCUT2D eigenvalue weighted by Gasteiger charge is -2.32. The number of fused-ring (bicyclic) bond motifs is 1. The summed E-state index contributed by atoms with van der Waals surface area (Å²) in [7, 11) is 0. The molecule has 1 heterocycles. The van der Waals surface area contributed by atoms with Gasteiger partial charge in [0.05, 0.1) is 18.1 Å². The van der Waals surface area contributed by atoms with Crippen molar-refractivity contribution in [3.63, 3.8) is 0 Å². The molecule has 8 atom stereocenters. The molecule has 10 nitrogen and oxygen atoms in total. The van der Waals surface area contributed by atoms with Crippen molar-refractivity contribution in [2.75, 3.05) is 13.2 Å². The van der Waals surface area contributed by atoms with E-state index in [-0.39, 0.29) is 19.4 Å². The van der Waals surface area contributed by atoms with Crippen molar-refractivity contribution in [2.45, 2.75) is 77.1 Å². The number of hydrogen-bond donors (Lipinski definition) is 3. The Morgan fingerprint density at radius 3 is 2.11 bits per heavy atom. The molecule has 1 aliphatic heterocycles. The number of hydrogen-bond acceptors (Lipinski definition) is 7. The van der Waals surface area contributed by atoms with Gasteiger partial charge in [0, 0.05) is 18.4 Å². The first-order valence-corrected chi connectivity index (χ1v) is 13.4. The second-order valence-electron chi connectivity index (χ2n) is 11.7. The molecule has 0 spiro atoms. The zero-order valence-corrected chi connectivity index (χ0v) is 23.4. The maximum absolute atomic E-state index is 13.6. The van der Waals surface area contributed by atoms with Crippen LogP contribution in [0, 0.1) is 35.0 Å². The highest BCUT2D eigenvalue weighted by atomic mass is 19.4. The van der Waals surface area contributed by atoms with Gasteiger partial charge in [0.2, 0.25) is 11.8 Å². The lowest BCUT2D eigenvalue weighted by molar-refractivity contribution is -0.342. The van der Waals surface area contributed by atoms with Gasteiger partial charge >= 0.3 is 24.8 Å². The van der Waals surface area contributed by atoms with Crippen molar-refractivity contribution in [3.05, 3.63) is 0 Å². The predicted octanol–water partition coefficient (Wildman–Crippen LogP) is 2.55. The number of amides is 3. The fraction of sp³-hybridized carbons (Fsp3) is 0.800. The van der Waals surface area contributed by atoms with Gasteiger partial charge < -0.3 is 16.0 Å². The summed E-state index contributed by atoms with van der Waals surface area (Å²) in [6.45, 7) is 2.63. The second kappa shape index (κ2) is 12.4. The Hall–Kier alpha value is -2.96. The summed E-state index contributed by atoms with van der Waals surface area (Å²) in [6, 6.07) is -4.23. The third kappa shape index (κ3) is 8.39. The van der Waals surface area contributed by atoms with E-state index < -0.39 is 114 Å². The van der Waals surface area contributed by atoms with Crippen LogP contribution in [0.5, 0.6) is 0 Å². The summed E-state index contributed by atoms with van der Waals surface area (Å²) >= 11 is 0. The van der Waals surface area contributed by atoms with Crippen molar-refractivity contribution in [3.8, 4) is 0 Å². The predicted molar refractivity (Wildman–Crippen MR) is 127 cm³/mol. The Kier molecular flexibility index (Phi) is 10.0. The number of ether oxygens (including phenoxy) is 2. The van der Waals surface area contributed by atoms with Crippen LogP contribution >= 0.6 is 0 Å². The van der Waals surface area contributed by atoms with Gasteiger partial charge in [0.1, 0.15) is 12.6 Å². The first-order valence-electron chi connectivity index (χ1n) is 13.4. The van der Waals surface area contributed by atoms with E-state index in [1.54, 1.807) is 13.8 Å². The molecule has 3 fully saturated rings. The lowest BCUT2D eigenvalue weighted by Crippen LogP contribution is -2.56. The number of alkyl halides is 9. The van der Waals surface area contributed by atoms with Crippen LogP contribution in [0.2, 0.25) is 0 Å². The van der Waals surface area contributed by atoms with Crippen molar-refractivity contribution >= 4 is 29.3 Å². The van der Waals surface area contributed by atoms with Crippen molar-refractivity contribution in [2.24, 2.45) is 35.0 Å². The minimum absolute atomic E-state index is 0.179. The minimum atomic E-state index is -5.59. The van der Waals surface area contributed by atoms with Gasteiger partial charge in [0.25, 0.3) is 0 Å².